The largest absolute Gasteiger partial charge is 0.390 e. The summed E-state index contributed by atoms with van der Waals surface area (Å²) in [5.74, 6) is 1.64. The predicted molar refractivity (Wildman–Crippen MR) is 61.1 cm³/mol. The van der Waals surface area contributed by atoms with E-state index in [0.29, 0.717) is 5.92 Å². The molecule has 3 rings (SSSR count). The molecule has 4 heteroatoms. The number of nitrogens with zero attached hydrogens (tertiary/aromatic N) is 2. The lowest BCUT2D eigenvalue weighted by atomic mass is 9.90. The van der Waals surface area contributed by atoms with E-state index < -0.39 is 0 Å². The van der Waals surface area contributed by atoms with E-state index in [9.17, 15) is 0 Å². The van der Waals surface area contributed by atoms with Crippen molar-refractivity contribution in [3.05, 3.63) is 17.7 Å². The number of fused-ring (bicyclic) bond motifs is 2. The molecule has 1 aromatic heterocycles. The number of aromatic amines is 1. The monoisotopic (exact) mass is 221 g/mol. The summed E-state index contributed by atoms with van der Waals surface area (Å²) in [5.41, 5.74) is 0.835. The van der Waals surface area contributed by atoms with Crippen molar-refractivity contribution in [3.8, 4) is 0 Å². The summed E-state index contributed by atoms with van der Waals surface area (Å²) in [6, 6.07) is 1.48. The highest BCUT2D eigenvalue weighted by Gasteiger charge is 2.39. The molecule has 0 amide bonds. The van der Waals surface area contributed by atoms with Gasteiger partial charge in [0.25, 0.3) is 0 Å². The van der Waals surface area contributed by atoms with Gasteiger partial charge in [0.05, 0.1) is 18.5 Å². The first kappa shape index (κ1) is 10.3. The van der Waals surface area contributed by atoms with Crippen molar-refractivity contribution in [1.82, 2.24) is 14.9 Å². The lowest BCUT2D eigenvalue weighted by Gasteiger charge is -2.35. The van der Waals surface area contributed by atoms with Crippen LogP contribution < -0.4 is 0 Å². The Morgan fingerprint density at radius 2 is 2.12 bits per heavy atom. The number of hydrogen-bond acceptors (Lipinski definition) is 3. The van der Waals surface area contributed by atoms with E-state index in [-0.39, 0.29) is 6.61 Å². The van der Waals surface area contributed by atoms with E-state index in [2.05, 4.69) is 21.9 Å². The first-order chi connectivity index (χ1) is 7.78. The quantitative estimate of drug-likeness (QED) is 0.790. The third kappa shape index (κ3) is 1.57. The minimum Gasteiger partial charge on any atom is -0.390 e. The van der Waals surface area contributed by atoms with Gasteiger partial charge in [-0.05, 0) is 32.7 Å². The van der Waals surface area contributed by atoms with Gasteiger partial charge in [-0.3, -0.25) is 0 Å². The SMILES string of the molecule is CN1C2CCC1CC(c1ncc(CO)[nH]1)C2. The number of rotatable bonds is 2. The van der Waals surface area contributed by atoms with Crippen molar-refractivity contribution >= 4 is 0 Å². The molecule has 2 bridgehead atoms. The van der Waals surface area contributed by atoms with Gasteiger partial charge in [-0.1, -0.05) is 0 Å². The van der Waals surface area contributed by atoms with Crippen molar-refractivity contribution in [3.63, 3.8) is 0 Å². The summed E-state index contributed by atoms with van der Waals surface area (Å²) in [6.45, 7) is 0.0620. The number of aromatic nitrogens is 2. The smallest absolute Gasteiger partial charge is 0.109 e. The Morgan fingerprint density at radius 3 is 2.69 bits per heavy atom. The van der Waals surface area contributed by atoms with Gasteiger partial charge in [-0.15, -0.1) is 0 Å². The highest BCUT2D eigenvalue weighted by Crippen LogP contribution is 2.41. The van der Waals surface area contributed by atoms with Crippen LogP contribution in [0.3, 0.4) is 0 Å². The van der Waals surface area contributed by atoms with Gasteiger partial charge in [0.2, 0.25) is 0 Å². The van der Waals surface area contributed by atoms with Crippen LogP contribution in [0.1, 0.15) is 43.1 Å². The summed E-state index contributed by atoms with van der Waals surface area (Å²) >= 11 is 0. The van der Waals surface area contributed by atoms with Crippen molar-refractivity contribution in [2.45, 2.75) is 50.3 Å². The molecule has 2 saturated heterocycles. The van der Waals surface area contributed by atoms with Crippen molar-refractivity contribution in [2.75, 3.05) is 7.05 Å². The van der Waals surface area contributed by atoms with Gasteiger partial charge in [0.1, 0.15) is 5.82 Å². The van der Waals surface area contributed by atoms with Gasteiger partial charge in [0.15, 0.2) is 0 Å². The molecule has 3 heterocycles. The Labute approximate surface area is 95.7 Å². The summed E-state index contributed by atoms with van der Waals surface area (Å²) in [5, 5.41) is 9.03. The molecule has 16 heavy (non-hydrogen) atoms. The molecule has 2 atom stereocenters. The number of imidazole rings is 1. The van der Waals surface area contributed by atoms with Crippen LogP contribution in [0.2, 0.25) is 0 Å². The Morgan fingerprint density at radius 1 is 1.44 bits per heavy atom. The average molecular weight is 221 g/mol. The molecular weight excluding hydrogens is 202 g/mol. The molecule has 2 fully saturated rings. The number of aliphatic hydroxyl groups excluding tert-OH is 1. The topological polar surface area (TPSA) is 52.1 Å². The van der Waals surface area contributed by atoms with Gasteiger partial charge in [0, 0.05) is 18.0 Å². The van der Waals surface area contributed by atoms with E-state index in [1.54, 1.807) is 6.20 Å². The zero-order valence-corrected chi connectivity index (χ0v) is 9.69. The van der Waals surface area contributed by atoms with Crippen LogP contribution in [0.15, 0.2) is 6.20 Å². The standard InChI is InChI=1S/C12H19N3O/c1-15-10-2-3-11(15)5-8(4-10)12-13-6-9(7-16)14-12/h6,8,10-11,16H,2-5,7H2,1H3,(H,13,14). The maximum absolute atomic E-state index is 9.03. The van der Waals surface area contributed by atoms with E-state index in [1.807, 2.05) is 0 Å². The molecular formula is C12H19N3O. The van der Waals surface area contributed by atoms with Crippen molar-refractivity contribution in [2.24, 2.45) is 0 Å². The lowest BCUT2D eigenvalue weighted by Crippen LogP contribution is -2.39. The zero-order chi connectivity index (χ0) is 11.1. The highest BCUT2D eigenvalue weighted by molar-refractivity contribution is 5.09. The molecule has 1 aromatic rings. The van der Waals surface area contributed by atoms with Gasteiger partial charge < -0.3 is 15.0 Å². The Bertz CT molecular complexity index is 362. The highest BCUT2D eigenvalue weighted by atomic mass is 16.3. The number of piperidine rings is 1. The first-order valence-electron chi connectivity index (χ1n) is 6.14. The van der Waals surface area contributed by atoms with Crippen LogP contribution in [0.5, 0.6) is 0 Å². The van der Waals surface area contributed by atoms with Crippen LogP contribution in [0.4, 0.5) is 0 Å². The van der Waals surface area contributed by atoms with Crippen molar-refractivity contribution in [1.29, 1.82) is 0 Å². The number of nitrogens with one attached hydrogen (secondary N) is 1. The average Bonchev–Trinajstić information content (AvgIpc) is 2.82. The van der Waals surface area contributed by atoms with E-state index >= 15 is 0 Å². The van der Waals surface area contributed by atoms with Crippen LogP contribution in [0.25, 0.3) is 0 Å². The minimum atomic E-state index is 0.0620. The number of hydrogen-bond donors (Lipinski definition) is 2. The van der Waals surface area contributed by atoms with Crippen molar-refractivity contribution < 1.29 is 5.11 Å². The molecule has 0 spiro atoms. The Balaban J connectivity index is 1.77. The van der Waals surface area contributed by atoms with Gasteiger partial charge >= 0.3 is 0 Å². The second-order valence-electron chi connectivity index (χ2n) is 5.17. The molecule has 2 unspecified atom stereocenters. The minimum absolute atomic E-state index is 0.0620. The molecule has 0 radical (unpaired) electrons. The maximum Gasteiger partial charge on any atom is 0.109 e. The van der Waals surface area contributed by atoms with Crippen LogP contribution in [-0.4, -0.2) is 39.1 Å². The molecule has 4 nitrogen and oxygen atoms in total. The summed E-state index contributed by atoms with van der Waals surface area (Å²) in [6.07, 6.45) is 6.86. The summed E-state index contributed by atoms with van der Waals surface area (Å²) < 4.78 is 0. The molecule has 0 aromatic carbocycles. The summed E-state index contributed by atoms with van der Waals surface area (Å²) in [4.78, 5) is 10.2. The molecule has 0 aliphatic carbocycles. The van der Waals surface area contributed by atoms with Crippen LogP contribution in [-0.2, 0) is 6.61 Å². The normalized spacial score (nSPS) is 34.5. The second kappa shape index (κ2) is 3.86. The molecule has 2 N–H and O–H groups in total. The zero-order valence-electron chi connectivity index (χ0n) is 9.69. The van der Waals surface area contributed by atoms with Crippen LogP contribution in [0, 0.1) is 0 Å². The number of H-pyrrole nitrogens is 1. The second-order valence-corrected chi connectivity index (χ2v) is 5.17. The van der Waals surface area contributed by atoms with Gasteiger partial charge in [-0.25, -0.2) is 4.98 Å². The third-order valence-corrected chi connectivity index (χ3v) is 4.30. The lowest BCUT2D eigenvalue weighted by molar-refractivity contribution is 0.159. The molecule has 0 saturated carbocycles. The first-order valence-corrected chi connectivity index (χ1v) is 6.14. The van der Waals surface area contributed by atoms with Crippen LogP contribution >= 0.6 is 0 Å². The maximum atomic E-state index is 9.03. The fourth-order valence-corrected chi connectivity index (χ4v) is 3.30. The molecule has 2 aliphatic heterocycles. The van der Waals surface area contributed by atoms with E-state index in [1.165, 1.54) is 25.7 Å². The van der Waals surface area contributed by atoms with Gasteiger partial charge in [-0.2, -0.15) is 0 Å². The fourth-order valence-electron chi connectivity index (χ4n) is 3.30. The Hall–Kier alpha value is -0.870. The molecule has 88 valence electrons. The summed E-state index contributed by atoms with van der Waals surface area (Å²) in [7, 11) is 2.25. The fraction of sp³-hybridized carbons (Fsp3) is 0.750. The Kier molecular flexibility index (Phi) is 2.48. The van der Waals surface area contributed by atoms with E-state index in [4.69, 9.17) is 5.11 Å². The van der Waals surface area contributed by atoms with E-state index in [0.717, 1.165) is 23.6 Å². The number of aliphatic hydroxyl groups is 1. The molecule has 2 aliphatic rings. The predicted octanol–water partition coefficient (Wildman–Crippen LogP) is 1.24. The third-order valence-electron chi connectivity index (χ3n) is 4.30.